The molecule has 0 bridgehead atoms. The first-order valence-electron chi connectivity index (χ1n) is 5.81. The topological polar surface area (TPSA) is 9.23 Å². The van der Waals surface area contributed by atoms with Crippen LogP contribution in [0.2, 0.25) is 0 Å². The molecule has 1 aliphatic rings. The minimum Gasteiger partial charge on any atom is -0.497 e. The van der Waals surface area contributed by atoms with E-state index in [9.17, 15) is 0 Å². The van der Waals surface area contributed by atoms with E-state index in [-0.39, 0.29) is 0 Å². The van der Waals surface area contributed by atoms with E-state index in [1.54, 1.807) is 7.11 Å². The number of methoxy groups -OCH3 is 1. The summed E-state index contributed by atoms with van der Waals surface area (Å²) in [5.74, 6) is 0.900. The van der Waals surface area contributed by atoms with Gasteiger partial charge in [-0.25, -0.2) is 0 Å². The Labute approximate surface area is 101 Å². The summed E-state index contributed by atoms with van der Waals surface area (Å²) in [7, 11) is 1.69. The third-order valence-corrected chi connectivity index (χ3v) is 3.22. The van der Waals surface area contributed by atoms with Gasteiger partial charge in [-0.15, -0.1) is 0 Å². The van der Waals surface area contributed by atoms with Gasteiger partial charge in [0.05, 0.1) is 7.11 Å². The molecule has 0 saturated heterocycles. The summed E-state index contributed by atoms with van der Waals surface area (Å²) >= 11 is 0. The molecule has 0 aliphatic heterocycles. The van der Waals surface area contributed by atoms with Crippen LogP contribution < -0.4 is 4.74 Å². The van der Waals surface area contributed by atoms with E-state index in [0.717, 1.165) is 12.2 Å². The van der Waals surface area contributed by atoms with Crippen LogP contribution in [0.3, 0.4) is 0 Å². The molecule has 1 heteroatoms. The van der Waals surface area contributed by atoms with Gasteiger partial charge in [-0.3, -0.25) is 0 Å². The van der Waals surface area contributed by atoms with Gasteiger partial charge in [-0.1, -0.05) is 42.5 Å². The Kier molecular flexibility index (Phi) is 2.45. The molecule has 0 radical (unpaired) electrons. The SMILES string of the molecule is COc1ccc(-c2cccc3c2C=CC3)cc1. The number of allylic oxidation sites excluding steroid dienone is 1. The summed E-state index contributed by atoms with van der Waals surface area (Å²) in [6.45, 7) is 0. The minimum atomic E-state index is 0.900. The third-order valence-electron chi connectivity index (χ3n) is 3.22. The van der Waals surface area contributed by atoms with E-state index < -0.39 is 0 Å². The average molecular weight is 222 g/mol. The van der Waals surface area contributed by atoms with Gasteiger partial charge in [0, 0.05) is 0 Å². The molecule has 0 amide bonds. The molecule has 0 spiro atoms. The van der Waals surface area contributed by atoms with Crippen LogP contribution in [-0.4, -0.2) is 7.11 Å². The quantitative estimate of drug-likeness (QED) is 0.748. The fourth-order valence-electron chi connectivity index (χ4n) is 2.31. The Morgan fingerprint density at radius 1 is 1.00 bits per heavy atom. The normalized spacial score (nSPS) is 12.5. The molecule has 2 aromatic rings. The molecular weight excluding hydrogens is 208 g/mol. The van der Waals surface area contributed by atoms with E-state index in [4.69, 9.17) is 4.74 Å². The molecule has 0 aromatic heterocycles. The molecule has 0 heterocycles. The smallest absolute Gasteiger partial charge is 0.118 e. The van der Waals surface area contributed by atoms with E-state index in [1.807, 2.05) is 12.1 Å². The molecule has 17 heavy (non-hydrogen) atoms. The van der Waals surface area contributed by atoms with Crippen molar-refractivity contribution >= 4 is 6.08 Å². The van der Waals surface area contributed by atoms with Gasteiger partial charge in [0.2, 0.25) is 0 Å². The first-order chi connectivity index (χ1) is 8.38. The lowest BCUT2D eigenvalue weighted by Crippen LogP contribution is -1.87. The molecule has 0 N–H and O–H groups in total. The van der Waals surface area contributed by atoms with Crippen molar-refractivity contribution in [1.82, 2.24) is 0 Å². The molecule has 1 nitrogen and oxygen atoms in total. The van der Waals surface area contributed by atoms with Crippen LogP contribution in [0.25, 0.3) is 17.2 Å². The molecule has 3 rings (SSSR count). The second kappa shape index (κ2) is 4.10. The van der Waals surface area contributed by atoms with Crippen molar-refractivity contribution in [3.05, 3.63) is 59.7 Å². The number of hydrogen-bond acceptors (Lipinski definition) is 1. The van der Waals surface area contributed by atoms with Crippen LogP contribution in [0.5, 0.6) is 5.75 Å². The van der Waals surface area contributed by atoms with Crippen molar-refractivity contribution < 1.29 is 4.74 Å². The van der Waals surface area contributed by atoms with Crippen LogP contribution in [0.15, 0.2) is 48.5 Å². The van der Waals surface area contributed by atoms with Gasteiger partial charge in [0.15, 0.2) is 0 Å². The van der Waals surface area contributed by atoms with Gasteiger partial charge >= 0.3 is 0 Å². The number of hydrogen-bond donors (Lipinski definition) is 0. The maximum atomic E-state index is 5.18. The lowest BCUT2D eigenvalue weighted by Gasteiger charge is -2.08. The maximum absolute atomic E-state index is 5.18. The fraction of sp³-hybridized carbons (Fsp3) is 0.125. The average Bonchev–Trinajstić information content (AvgIpc) is 2.87. The van der Waals surface area contributed by atoms with Crippen molar-refractivity contribution in [1.29, 1.82) is 0 Å². The van der Waals surface area contributed by atoms with Crippen LogP contribution in [0.1, 0.15) is 11.1 Å². The Hall–Kier alpha value is -2.02. The number of fused-ring (bicyclic) bond motifs is 1. The van der Waals surface area contributed by atoms with Gasteiger partial charge in [-0.2, -0.15) is 0 Å². The first-order valence-corrected chi connectivity index (χ1v) is 5.81. The van der Waals surface area contributed by atoms with E-state index >= 15 is 0 Å². The Bertz CT molecular complexity index is 565. The van der Waals surface area contributed by atoms with Crippen molar-refractivity contribution in [3.63, 3.8) is 0 Å². The molecule has 1 aliphatic carbocycles. The van der Waals surface area contributed by atoms with E-state index in [2.05, 4.69) is 42.5 Å². The van der Waals surface area contributed by atoms with E-state index in [1.165, 1.54) is 22.3 Å². The van der Waals surface area contributed by atoms with E-state index in [0.29, 0.717) is 0 Å². The molecule has 0 unspecified atom stereocenters. The van der Waals surface area contributed by atoms with Gasteiger partial charge < -0.3 is 4.74 Å². The van der Waals surface area contributed by atoms with Crippen LogP contribution >= 0.6 is 0 Å². The van der Waals surface area contributed by atoms with Crippen LogP contribution in [0, 0.1) is 0 Å². The largest absolute Gasteiger partial charge is 0.497 e. The predicted molar refractivity (Wildman–Crippen MR) is 71.2 cm³/mol. The summed E-state index contributed by atoms with van der Waals surface area (Å²) in [6, 6.07) is 14.7. The first kappa shape index (κ1) is 10.2. The van der Waals surface area contributed by atoms with Crippen LogP contribution in [0.4, 0.5) is 0 Å². The number of benzene rings is 2. The highest BCUT2D eigenvalue weighted by atomic mass is 16.5. The zero-order valence-corrected chi connectivity index (χ0v) is 9.81. The lowest BCUT2D eigenvalue weighted by atomic mass is 9.97. The molecule has 0 fully saturated rings. The fourth-order valence-corrected chi connectivity index (χ4v) is 2.31. The van der Waals surface area contributed by atoms with Crippen molar-refractivity contribution in [2.75, 3.05) is 7.11 Å². The highest BCUT2D eigenvalue weighted by molar-refractivity contribution is 5.79. The van der Waals surface area contributed by atoms with Crippen molar-refractivity contribution in [3.8, 4) is 16.9 Å². The summed E-state index contributed by atoms with van der Waals surface area (Å²) in [4.78, 5) is 0. The monoisotopic (exact) mass is 222 g/mol. The van der Waals surface area contributed by atoms with Crippen LogP contribution in [-0.2, 0) is 6.42 Å². The second-order valence-electron chi connectivity index (χ2n) is 4.21. The highest BCUT2D eigenvalue weighted by Gasteiger charge is 2.10. The molecule has 2 aromatic carbocycles. The third kappa shape index (κ3) is 1.74. The van der Waals surface area contributed by atoms with Crippen molar-refractivity contribution in [2.24, 2.45) is 0 Å². The molecular formula is C16H14O. The minimum absolute atomic E-state index is 0.900. The molecule has 84 valence electrons. The summed E-state index contributed by atoms with van der Waals surface area (Å²) in [5, 5.41) is 0. The second-order valence-corrected chi connectivity index (χ2v) is 4.21. The predicted octanol–water partition coefficient (Wildman–Crippen LogP) is 3.93. The zero-order valence-electron chi connectivity index (χ0n) is 9.81. The summed E-state index contributed by atoms with van der Waals surface area (Å²) in [6.07, 6.45) is 5.49. The standard InChI is InChI=1S/C16H14O/c1-17-14-10-8-13(9-11-14)16-7-3-5-12-4-2-6-15(12)16/h2-3,5-11H,4H2,1H3. The van der Waals surface area contributed by atoms with Gasteiger partial charge in [0.1, 0.15) is 5.75 Å². The summed E-state index contributed by atoms with van der Waals surface area (Å²) < 4.78 is 5.18. The Morgan fingerprint density at radius 3 is 2.59 bits per heavy atom. The number of ether oxygens (including phenoxy) is 1. The summed E-state index contributed by atoms with van der Waals surface area (Å²) in [5.41, 5.74) is 5.32. The Balaban J connectivity index is 2.09. The maximum Gasteiger partial charge on any atom is 0.118 e. The van der Waals surface area contributed by atoms with Gasteiger partial charge in [-0.05, 0) is 40.8 Å². The Morgan fingerprint density at radius 2 is 1.82 bits per heavy atom. The van der Waals surface area contributed by atoms with Crippen molar-refractivity contribution in [2.45, 2.75) is 6.42 Å². The highest BCUT2D eigenvalue weighted by Crippen LogP contribution is 2.31. The molecule has 0 saturated carbocycles. The molecule has 0 atom stereocenters. The zero-order chi connectivity index (χ0) is 11.7. The lowest BCUT2D eigenvalue weighted by molar-refractivity contribution is 0.415. The number of rotatable bonds is 2. The van der Waals surface area contributed by atoms with Gasteiger partial charge in [0.25, 0.3) is 0 Å².